The van der Waals surface area contributed by atoms with Crippen molar-refractivity contribution < 1.29 is 4.92 Å². The maximum absolute atomic E-state index is 11.1. The van der Waals surface area contributed by atoms with E-state index in [2.05, 4.69) is 26.1 Å². The van der Waals surface area contributed by atoms with Crippen LogP contribution in [0.1, 0.15) is 33.3 Å². The summed E-state index contributed by atoms with van der Waals surface area (Å²) in [4.78, 5) is 10.7. The lowest BCUT2D eigenvalue weighted by Gasteiger charge is -2.16. The lowest BCUT2D eigenvalue weighted by atomic mass is 10.1. The molecule has 1 aromatic carbocycles. The lowest BCUT2D eigenvalue weighted by Crippen LogP contribution is -2.08. The number of para-hydroxylation sites is 1. The van der Waals surface area contributed by atoms with Gasteiger partial charge in [-0.2, -0.15) is 11.8 Å². The van der Waals surface area contributed by atoms with Crippen molar-refractivity contribution in [1.82, 2.24) is 0 Å². The van der Waals surface area contributed by atoms with E-state index in [-0.39, 0.29) is 10.6 Å². The molecule has 1 aromatic rings. The Bertz CT molecular complexity index is 435. The fourth-order valence-corrected chi connectivity index (χ4v) is 2.72. The van der Waals surface area contributed by atoms with E-state index in [9.17, 15) is 10.1 Å². The Morgan fingerprint density at radius 1 is 1.37 bits per heavy atom. The molecule has 0 fully saturated rings. The molecule has 1 rings (SSSR count). The van der Waals surface area contributed by atoms with Crippen molar-refractivity contribution in [2.24, 2.45) is 5.92 Å². The van der Waals surface area contributed by atoms with Gasteiger partial charge in [0.2, 0.25) is 0 Å². The number of rotatable bonds is 7. The Labute approximate surface area is 119 Å². The largest absolute Gasteiger partial charge is 0.380 e. The van der Waals surface area contributed by atoms with Crippen LogP contribution in [0.5, 0.6) is 0 Å². The van der Waals surface area contributed by atoms with Gasteiger partial charge in [-0.15, -0.1) is 0 Å². The van der Waals surface area contributed by atoms with E-state index in [1.807, 2.05) is 24.8 Å². The second-order valence-electron chi connectivity index (χ2n) is 4.86. The van der Waals surface area contributed by atoms with Crippen LogP contribution in [0.15, 0.2) is 18.2 Å². The normalized spacial score (nSPS) is 12.5. The average Bonchev–Trinajstić information content (AvgIpc) is 2.36. The smallest absolute Gasteiger partial charge is 0.292 e. The van der Waals surface area contributed by atoms with Crippen LogP contribution in [0.3, 0.4) is 0 Å². The number of nitro benzene ring substituents is 1. The van der Waals surface area contributed by atoms with Crippen LogP contribution in [0.4, 0.5) is 11.4 Å². The minimum absolute atomic E-state index is 0.164. The molecule has 0 bridgehead atoms. The highest BCUT2D eigenvalue weighted by atomic mass is 32.2. The fraction of sp³-hybridized carbons (Fsp3) is 0.571. The van der Waals surface area contributed by atoms with Crippen molar-refractivity contribution in [3.05, 3.63) is 33.9 Å². The molecule has 0 amide bonds. The maximum Gasteiger partial charge on any atom is 0.292 e. The van der Waals surface area contributed by atoms with Crippen LogP contribution < -0.4 is 5.32 Å². The summed E-state index contributed by atoms with van der Waals surface area (Å²) in [7, 11) is 0. The van der Waals surface area contributed by atoms with Crippen LogP contribution in [0.2, 0.25) is 0 Å². The maximum atomic E-state index is 11.1. The summed E-state index contributed by atoms with van der Waals surface area (Å²) in [6, 6.07) is 5.28. The van der Waals surface area contributed by atoms with E-state index in [1.54, 1.807) is 12.1 Å². The van der Waals surface area contributed by atoms with E-state index >= 15 is 0 Å². The number of hydrogen-bond donors (Lipinski definition) is 1. The molecule has 0 heterocycles. The molecule has 1 atom stereocenters. The molecule has 0 spiro atoms. The fourth-order valence-electron chi connectivity index (χ4n) is 1.65. The molecule has 1 N–H and O–H groups in total. The number of nitrogens with one attached hydrogen (secondary N) is 1. The quantitative estimate of drug-likeness (QED) is 0.598. The molecule has 0 radical (unpaired) electrons. The Hall–Kier alpha value is -1.23. The Kier molecular flexibility index (Phi) is 6.15. The molecule has 0 aliphatic rings. The van der Waals surface area contributed by atoms with Gasteiger partial charge < -0.3 is 5.32 Å². The average molecular weight is 282 g/mol. The van der Waals surface area contributed by atoms with Gasteiger partial charge >= 0.3 is 0 Å². The monoisotopic (exact) mass is 282 g/mol. The second-order valence-corrected chi connectivity index (χ2v) is 6.22. The second kappa shape index (κ2) is 7.38. The molecule has 1 unspecified atom stereocenters. The van der Waals surface area contributed by atoms with Crippen LogP contribution in [0.25, 0.3) is 0 Å². The predicted molar refractivity (Wildman–Crippen MR) is 82.9 cm³/mol. The van der Waals surface area contributed by atoms with Gasteiger partial charge in [0.25, 0.3) is 5.69 Å². The summed E-state index contributed by atoms with van der Waals surface area (Å²) in [5.74, 6) is 1.40. The van der Waals surface area contributed by atoms with Gasteiger partial charge in [0.15, 0.2) is 0 Å². The van der Waals surface area contributed by atoms with Crippen LogP contribution in [-0.2, 0) is 5.75 Å². The lowest BCUT2D eigenvalue weighted by molar-refractivity contribution is -0.384. The first kappa shape index (κ1) is 15.8. The number of hydrogen-bond acceptors (Lipinski definition) is 4. The first-order valence-electron chi connectivity index (χ1n) is 6.59. The van der Waals surface area contributed by atoms with Crippen molar-refractivity contribution >= 4 is 23.1 Å². The number of thioether (sulfide) groups is 1. The van der Waals surface area contributed by atoms with Gasteiger partial charge in [-0.25, -0.2) is 0 Å². The van der Waals surface area contributed by atoms with Gasteiger partial charge in [0.1, 0.15) is 5.69 Å². The zero-order valence-electron chi connectivity index (χ0n) is 12.0. The SMILES string of the molecule is CCNc1c(CSC(C)C(C)C)cccc1[N+](=O)[O-]. The molecule has 5 heteroatoms. The van der Waals surface area contributed by atoms with Crippen LogP contribution in [0, 0.1) is 16.0 Å². The van der Waals surface area contributed by atoms with Crippen molar-refractivity contribution in [1.29, 1.82) is 0 Å². The zero-order valence-corrected chi connectivity index (χ0v) is 12.8. The molecular weight excluding hydrogens is 260 g/mol. The summed E-state index contributed by atoms with van der Waals surface area (Å²) < 4.78 is 0. The van der Waals surface area contributed by atoms with Crippen molar-refractivity contribution in [3.63, 3.8) is 0 Å². The molecule has 0 saturated carbocycles. The van der Waals surface area contributed by atoms with E-state index < -0.39 is 0 Å². The highest BCUT2D eigenvalue weighted by molar-refractivity contribution is 7.99. The summed E-state index contributed by atoms with van der Waals surface area (Å²) >= 11 is 1.84. The number of anilines is 1. The topological polar surface area (TPSA) is 55.2 Å². The highest BCUT2D eigenvalue weighted by Crippen LogP contribution is 2.32. The van der Waals surface area contributed by atoms with Crippen LogP contribution in [-0.4, -0.2) is 16.7 Å². The molecule has 106 valence electrons. The standard InChI is InChI=1S/C14H22N2O2S/c1-5-15-14-12(9-19-11(4)10(2)3)7-6-8-13(14)16(17)18/h6-8,10-11,15H,5,9H2,1-4H3. The third-order valence-corrected chi connectivity index (χ3v) is 4.67. The van der Waals surface area contributed by atoms with E-state index in [4.69, 9.17) is 0 Å². The van der Waals surface area contributed by atoms with E-state index in [1.165, 1.54) is 0 Å². The Morgan fingerprint density at radius 2 is 2.05 bits per heavy atom. The predicted octanol–water partition coefficient (Wildman–Crippen LogP) is 4.30. The van der Waals surface area contributed by atoms with Gasteiger partial charge in [-0.05, 0) is 18.4 Å². The van der Waals surface area contributed by atoms with Crippen molar-refractivity contribution in [3.8, 4) is 0 Å². The third kappa shape index (κ3) is 4.42. The molecule has 0 aromatic heterocycles. The van der Waals surface area contributed by atoms with Crippen molar-refractivity contribution in [2.45, 2.75) is 38.7 Å². The van der Waals surface area contributed by atoms with E-state index in [0.29, 0.717) is 23.4 Å². The third-order valence-electron chi connectivity index (χ3n) is 3.12. The number of benzene rings is 1. The molecule has 0 saturated heterocycles. The van der Waals surface area contributed by atoms with E-state index in [0.717, 1.165) is 11.3 Å². The first-order chi connectivity index (χ1) is 8.97. The minimum Gasteiger partial charge on any atom is -0.380 e. The molecule has 19 heavy (non-hydrogen) atoms. The summed E-state index contributed by atoms with van der Waals surface area (Å²) in [5.41, 5.74) is 1.84. The molecule has 0 aliphatic carbocycles. The number of nitro groups is 1. The first-order valence-corrected chi connectivity index (χ1v) is 7.64. The van der Waals surface area contributed by atoms with Gasteiger partial charge in [-0.3, -0.25) is 10.1 Å². The summed E-state index contributed by atoms with van der Waals surface area (Å²) in [5, 5.41) is 14.7. The van der Waals surface area contributed by atoms with Crippen LogP contribution >= 0.6 is 11.8 Å². The van der Waals surface area contributed by atoms with Gasteiger partial charge in [-0.1, -0.05) is 32.9 Å². The highest BCUT2D eigenvalue weighted by Gasteiger charge is 2.17. The summed E-state index contributed by atoms with van der Waals surface area (Å²) in [6.07, 6.45) is 0. The van der Waals surface area contributed by atoms with Crippen molar-refractivity contribution in [2.75, 3.05) is 11.9 Å². The summed E-state index contributed by atoms with van der Waals surface area (Å²) in [6.45, 7) is 9.21. The minimum atomic E-state index is -0.321. The van der Waals surface area contributed by atoms with Gasteiger partial charge in [0.05, 0.1) is 4.92 Å². The molecule has 0 aliphatic heterocycles. The molecular formula is C14H22N2O2S. The van der Waals surface area contributed by atoms with Gasteiger partial charge in [0, 0.05) is 23.6 Å². The Balaban J connectivity index is 2.93. The Morgan fingerprint density at radius 3 is 2.58 bits per heavy atom. The molecule has 4 nitrogen and oxygen atoms in total. The number of nitrogens with zero attached hydrogens (tertiary/aromatic N) is 1. The zero-order chi connectivity index (χ0) is 14.4.